The molecule has 0 aliphatic carbocycles. The zero-order valence-corrected chi connectivity index (χ0v) is 14.7. The third-order valence-corrected chi connectivity index (χ3v) is 5.82. The van der Waals surface area contributed by atoms with Crippen LogP contribution in [0.3, 0.4) is 0 Å². The Morgan fingerprint density at radius 3 is 2.52 bits per heavy atom. The Bertz CT molecular complexity index is 772. The number of hydrogen-bond donors (Lipinski definition) is 1. The van der Waals surface area contributed by atoms with Crippen LogP contribution in [0.5, 0.6) is 0 Å². The van der Waals surface area contributed by atoms with Crippen molar-refractivity contribution >= 4 is 22.8 Å². The predicted molar refractivity (Wildman–Crippen MR) is 95.1 cm³/mol. The highest BCUT2D eigenvalue weighted by Crippen LogP contribution is 2.34. The lowest BCUT2D eigenvalue weighted by Gasteiger charge is -2.48. The summed E-state index contributed by atoms with van der Waals surface area (Å²) < 4.78 is 1.76. The van der Waals surface area contributed by atoms with Crippen molar-refractivity contribution in [3.8, 4) is 0 Å². The van der Waals surface area contributed by atoms with Crippen molar-refractivity contribution in [2.75, 3.05) is 31.1 Å². The molecule has 0 saturated carbocycles. The maximum Gasteiger partial charge on any atom is 0.238 e. The predicted octanol–water partition coefficient (Wildman–Crippen LogP) is 0.673. The molecule has 0 radical (unpaired) electrons. The molecule has 8 heteroatoms. The van der Waals surface area contributed by atoms with Crippen LogP contribution in [0.25, 0.3) is 11.0 Å². The number of rotatable bonds is 3. The summed E-state index contributed by atoms with van der Waals surface area (Å²) in [6.45, 7) is 3.48. The summed E-state index contributed by atoms with van der Waals surface area (Å²) in [7, 11) is 1.88. The van der Waals surface area contributed by atoms with E-state index < -0.39 is 5.54 Å². The van der Waals surface area contributed by atoms with Crippen LogP contribution < -0.4 is 10.6 Å². The fourth-order valence-corrected chi connectivity index (χ4v) is 4.33. The van der Waals surface area contributed by atoms with Crippen molar-refractivity contribution in [3.63, 3.8) is 0 Å². The van der Waals surface area contributed by atoms with Crippen LogP contribution in [-0.4, -0.2) is 62.3 Å². The fraction of sp³-hybridized carbons (Fsp3) is 0.647. The monoisotopic (exact) mass is 343 g/mol. The van der Waals surface area contributed by atoms with Gasteiger partial charge in [-0.3, -0.25) is 14.4 Å². The summed E-state index contributed by atoms with van der Waals surface area (Å²) in [5.74, 6) is 0.720. The van der Waals surface area contributed by atoms with E-state index in [4.69, 9.17) is 5.73 Å². The third kappa shape index (κ3) is 2.64. The van der Waals surface area contributed by atoms with E-state index in [9.17, 15) is 4.79 Å². The van der Waals surface area contributed by atoms with E-state index in [-0.39, 0.29) is 5.91 Å². The molecule has 0 spiro atoms. The van der Waals surface area contributed by atoms with E-state index in [1.165, 1.54) is 6.42 Å². The Hall–Kier alpha value is -2.22. The number of hydrogen-bond acceptors (Lipinski definition) is 6. The molecule has 25 heavy (non-hydrogen) atoms. The number of carbonyl (C=O) groups excluding carboxylic acids is 1. The second-order valence-electron chi connectivity index (χ2n) is 7.13. The van der Waals surface area contributed by atoms with Gasteiger partial charge in [-0.1, -0.05) is 6.42 Å². The second-order valence-corrected chi connectivity index (χ2v) is 7.13. The quantitative estimate of drug-likeness (QED) is 0.881. The van der Waals surface area contributed by atoms with Crippen LogP contribution in [0.2, 0.25) is 0 Å². The number of fused-ring (bicyclic) bond motifs is 1. The molecule has 0 bridgehead atoms. The summed E-state index contributed by atoms with van der Waals surface area (Å²) >= 11 is 0. The maximum absolute atomic E-state index is 12.4. The van der Waals surface area contributed by atoms with Crippen LogP contribution in [0, 0.1) is 0 Å². The van der Waals surface area contributed by atoms with Crippen molar-refractivity contribution in [1.29, 1.82) is 0 Å². The van der Waals surface area contributed by atoms with E-state index in [0.717, 1.165) is 68.7 Å². The molecule has 2 N–H and O–H groups in total. The first kappa shape index (κ1) is 16.3. The number of carbonyl (C=O) groups is 1. The number of primary amides is 1. The van der Waals surface area contributed by atoms with Crippen LogP contribution in [0.4, 0.5) is 5.82 Å². The number of aryl methyl sites for hydroxylation is 1. The van der Waals surface area contributed by atoms with Gasteiger partial charge < -0.3 is 10.6 Å². The Balaban J connectivity index is 1.58. The van der Waals surface area contributed by atoms with Crippen molar-refractivity contribution < 1.29 is 4.79 Å². The molecule has 0 atom stereocenters. The molecule has 1 amide bonds. The van der Waals surface area contributed by atoms with Crippen molar-refractivity contribution in [3.05, 3.63) is 12.5 Å². The Morgan fingerprint density at radius 2 is 1.84 bits per heavy atom. The molecule has 0 unspecified atom stereocenters. The topological polar surface area (TPSA) is 93.2 Å². The zero-order chi connectivity index (χ0) is 17.4. The van der Waals surface area contributed by atoms with Crippen molar-refractivity contribution in [2.24, 2.45) is 12.8 Å². The lowest BCUT2D eigenvalue weighted by atomic mass is 9.83. The van der Waals surface area contributed by atoms with Gasteiger partial charge in [-0.2, -0.15) is 5.10 Å². The minimum absolute atomic E-state index is 0.178. The van der Waals surface area contributed by atoms with Crippen LogP contribution >= 0.6 is 0 Å². The molecular formula is C17H25N7O. The lowest BCUT2D eigenvalue weighted by molar-refractivity contribution is -0.132. The van der Waals surface area contributed by atoms with Crippen molar-refractivity contribution in [2.45, 2.75) is 37.6 Å². The third-order valence-electron chi connectivity index (χ3n) is 5.82. The van der Waals surface area contributed by atoms with Gasteiger partial charge in [0.25, 0.3) is 0 Å². The fourth-order valence-electron chi connectivity index (χ4n) is 4.33. The molecule has 2 aliphatic heterocycles. The first-order valence-electron chi connectivity index (χ1n) is 9.04. The molecule has 134 valence electrons. The van der Waals surface area contributed by atoms with Crippen LogP contribution in [0.15, 0.2) is 12.5 Å². The van der Waals surface area contributed by atoms with Gasteiger partial charge in [0.2, 0.25) is 5.91 Å². The molecule has 8 nitrogen and oxygen atoms in total. The average molecular weight is 343 g/mol. The molecule has 2 aromatic rings. The van der Waals surface area contributed by atoms with E-state index >= 15 is 0 Å². The van der Waals surface area contributed by atoms with E-state index in [1.807, 2.05) is 13.2 Å². The number of likely N-dealkylation sites (tertiary alicyclic amines) is 1. The van der Waals surface area contributed by atoms with Gasteiger partial charge >= 0.3 is 0 Å². The highest BCUT2D eigenvalue weighted by molar-refractivity contribution is 5.88. The zero-order valence-electron chi connectivity index (χ0n) is 14.7. The van der Waals surface area contributed by atoms with Crippen molar-refractivity contribution in [1.82, 2.24) is 24.6 Å². The highest BCUT2D eigenvalue weighted by atomic mass is 16.1. The summed E-state index contributed by atoms with van der Waals surface area (Å²) in [6.07, 6.45) is 8.44. The van der Waals surface area contributed by atoms with Crippen LogP contribution in [-0.2, 0) is 11.8 Å². The van der Waals surface area contributed by atoms with Gasteiger partial charge in [-0.05, 0) is 38.8 Å². The Kier molecular flexibility index (Phi) is 4.07. The number of nitrogens with two attached hydrogens (primary N) is 1. The van der Waals surface area contributed by atoms with E-state index in [0.29, 0.717) is 0 Å². The molecular weight excluding hydrogens is 318 g/mol. The van der Waals surface area contributed by atoms with Crippen LogP contribution in [0.1, 0.15) is 32.1 Å². The molecule has 2 aliphatic rings. The van der Waals surface area contributed by atoms with E-state index in [1.54, 1.807) is 11.0 Å². The van der Waals surface area contributed by atoms with Gasteiger partial charge in [-0.15, -0.1) is 0 Å². The molecule has 4 heterocycles. The average Bonchev–Trinajstić information content (AvgIpc) is 3.04. The van der Waals surface area contributed by atoms with Gasteiger partial charge in [0.05, 0.1) is 11.6 Å². The summed E-state index contributed by atoms with van der Waals surface area (Å²) in [5, 5.41) is 5.24. The first-order chi connectivity index (χ1) is 12.1. The Labute approximate surface area is 147 Å². The standard InChI is InChI=1S/C17H25N7O/c1-22-14-13(11-21-22)15(20-12-19-14)23-9-5-17(6-10-23,16(18)25)24-7-3-2-4-8-24/h11-12H,2-10H2,1H3,(H2,18,25). The number of piperidine rings is 2. The van der Waals surface area contributed by atoms with Gasteiger partial charge in [-0.25, -0.2) is 9.97 Å². The molecule has 0 aromatic carbocycles. The molecule has 2 saturated heterocycles. The minimum atomic E-state index is -0.502. The van der Waals surface area contributed by atoms with E-state index in [2.05, 4.69) is 24.9 Å². The number of amides is 1. The summed E-state index contributed by atoms with van der Waals surface area (Å²) in [4.78, 5) is 25.7. The first-order valence-corrected chi connectivity index (χ1v) is 9.04. The molecule has 2 fully saturated rings. The van der Waals surface area contributed by atoms with Gasteiger partial charge in [0, 0.05) is 20.1 Å². The van der Waals surface area contributed by atoms with Gasteiger partial charge in [0.15, 0.2) is 5.65 Å². The summed E-state index contributed by atoms with van der Waals surface area (Å²) in [6, 6.07) is 0. The second kappa shape index (κ2) is 6.25. The highest BCUT2D eigenvalue weighted by Gasteiger charge is 2.45. The minimum Gasteiger partial charge on any atom is -0.368 e. The largest absolute Gasteiger partial charge is 0.368 e. The Morgan fingerprint density at radius 1 is 1.12 bits per heavy atom. The SMILES string of the molecule is Cn1ncc2c(N3CCC(C(N)=O)(N4CCCCC4)CC3)ncnc21. The van der Waals surface area contributed by atoms with Gasteiger partial charge in [0.1, 0.15) is 17.7 Å². The number of nitrogens with zero attached hydrogens (tertiary/aromatic N) is 6. The smallest absolute Gasteiger partial charge is 0.238 e. The lowest BCUT2D eigenvalue weighted by Crippen LogP contribution is -2.63. The number of anilines is 1. The normalized spacial score (nSPS) is 21.6. The summed E-state index contributed by atoms with van der Waals surface area (Å²) in [5.41, 5.74) is 6.20. The molecule has 4 rings (SSSR count). The maximum atomic E-state index is 12.4. The number of aromatic nitrogens is 4. The molecule has 2 aromatic heterocycles.